The first kappa shape index (κ1) is 25.5. The zero-order valence-electron chi connectivity index (χ0n) is 22.2. The topological polar surface area (TPSA) is 90.9 Å². The highest BCUT2D eigenvalue weighted by Crippen LogP contribution is 2.35. The molecule has 5 rings (SSSR count). The summed E-state index contributed by atoms with van der Waals surface area (Å²) in [4.78, 5) is 47.3. The fourth-order valence-electron chi connectivity index (χ4n) is 5.05. The Morgan fingerprint density at radius 2 is 1.55 bits per heavy atom. The van der Waals surface area contributed by atoms with E-state index in [1.807, 2.05) is 56.1 Å². The Hall–Kier alpha value is -4.11. The molecule has 9 heteroatoms. The molecule has 0 saturated carbocycles. The van der Waals surface area contributed by atoms with E-state index in [1.54, 1.807) is 31.4 Å². The molecule has 38 heavy (non-hydrogen) atoms. The third-order valence-electron chi connectivity index (χ3n) is 7.22. The average Bonchev–Trinajstić information content (AvgIpc) is 3.38. The van der Waals surface area contributed by atoms with Crippen LogP contribution in [0.3, 0.4) is 0 Å². The number of piperazine rings is 1. The molecule has 2 aliphatic rings. The van der Waals surface area contributed by atoms with Crippen molar-refractivity contribution in [3.8, 4) is 11.4 Å². The number of carbonyl (C=O) groups excluding carboxylic acids is 2. The van der Waals surface area contributed by atoms with Crippen molar-refractivity contribution < 1.29 is 14.3 Å². The number of hydrogen-bond acceptors (Lipinski definition) is 6. The number of nitrogens with one attached hydrogen (secondary N) is 1. The summed E-state index contributed by atoms with van der Waals surface area (Å²) in [5.41, 5.74) is 2.49. The van der Waals surface area contributed by atoms with Gasteiger partial charge in [0.25, 0.3) is 17.4 Å². The Kier molecular flexibility index (Phi) is 6.94. The number of benzene rings is 2. The third-order valence-corrected chi connectivity index (χ3v) is 7.22. The van der Waals surface area contributed by atoms with Crippen molar-refractivity contribution in [2.24, 2.45) is 0 Å². The lowest BCUT2D eigenvalue weighted by Gasteiger charge is -2.34. The zero-order valence-corrected chi connectivity index (χ0v) is 22.2. The average molecular weight is 516 g/mol. The maximum absolute atomic E-state index is 14.0. The molecular weight excluding hydrogens is 482 g/mol. The fourth-order valence-corrected chi connectivity index (χ4v) is 5.05. The molecule has 3 aromatic rings. The second kappa shape index (κ2) is 10.3. The van der Waals surface area contributed by atoms with Gasteiger partial charge in [0, 0.05) is 31.9 Å². The summed E-state index contributed by atoms with van der Waals surface area (Å²) in [6.07, 6.45) is 0. The van der Waals surface area contributed by atoms with Gasteiger partial charge in [-0.1, -0.05) is 44.2 Å². The van der Waals surface area contributed by atoms with Crippen LogP contribution in [0.15, 0.2) is 65.1 Å². The lowest BCUT2D eigenvalue weighted by atomic mass is 9.98. The molecule has 0 atom stereocenters. The maximum atomic E-state index is 14.0. The van der Waals surface area contributed by atoms with Crippen molar-refractivity contribution in [2.45, 2.75) is 26.3 Å². The van der Waals surface area contributed by atoms with Gasteiger partial charge in [-0.15, -0.1) is 0 Å². The van der Waals surface area contributed by atoms with Crippen LogP contribution in [0, 0.1) is 0 Å². The second-order valence-electron chi connectivity index (χ2n) is 10.1. The minimum absolute atomic E-state index is 0.0930. The summed E-state index contributed by atoms with van der Waals surface area (Å²) < 4.78 is 6.70. The van der Waals surface area contributed by atoms with E-state index in [4.69, 9.17) is 4.74 Å². The van der Waals surface area contributed by atoms with Crippen molar-refractivity contribution in [3.05, 3.63) is 87.5 Å². The molecule has 0 aliphatic carbocycles. The van der Waals surface area contributed by atoms with E-state index in [-0.39, 0.29) is 35.1 Å². The van der Waals surface area contributed by atoms with E-state index in [0.29, 0.717) is 35.9 Å². The summed E-state index contributed by atoms with van der Waals surface area (Å²) in [5.74, 6) is -0.215. The van der Waals surface area contributed by atoms with Gasteiger partial charge in [0.05, 0.1) is 30.5 Å². The molecule has 9 nitrogen and oxygen atoms in total. The van der Waals surface area contributed by atoms with E-state index < -0.39 is 5.91 Å². The van der Waals surface area contributed by atoms with Crippen molar-refractivity contribution in [2.75, 3.05) is 40.3 Å². The number of methoxy groups -OCH3 is 1. The number of amides is 2. The SMILES string of the molecule is COc1ccc(-n2[nH]c(C(C)C)c(C3=C(N4CCN(C)CC4)C(=O)N(Cc4ccccc4)C3=O)c2=O)cc1. The van der Waals surface area contributed by atoms with Gasteiger partial charge in [-0.3, -0.25) is 24.4 Å². The van der Waals surface area contributed by atoms with Gasteiger partial charge in [-0.2, -0.15) is 0 Å². The van der Waals surface area contributed by atoms with Gasteiger partial charge < -0.3 is 14.5 Å². The van der Waals surface area contributed by atoms with Crippen LogP contribution in [0.5, 0.6) is 5.75 Å². The summed E-state index contributed by atoms with van der Waals surface area (Å²) in [6, 6.07) is 16.6. The largest absolute Gasteiger partial charge is 0.497 e. The molecule has 2 amide bonds. The van der Waals surface area contributed by atoms with Crippen molar-refractivity contribution in [1.82, 2.24) is 24.5 Å². The van der Waals surface area contributed by atoms with Crippen LogP contribution < -0.4 is 10.3 Å². The molecular formula is C29H33N5O4. The highest BCUT2D eigenvalue weighted by atomic mass is 16.5. The molecule has 1 saturated heterocycles. The number of hydrogen-bond donors (Lipinski definition) is 1. The molecule has 198 valence electrons. The van der Waals surface area contributed by atoms with Gasteiger partial charge in [-0.25, -0.2) is 4.68 Å². The lowest BCUT2D eigenvalue weighted by molar-refractivity contribution is -0.138. The second-order valence-corrected chi connectivity index (χ2v) is 10.1. The molecule has 0 bridgehead atoms. The number of nitrogens with zero attached hydrogens (tertiary/aromatic N) is 4. The first-order valence-corrected chi connectivity index (χ1v) is 12.9. The van der Waals surface area contributed by atoms with E-state index in [0.717, 1.165) is 18.7 Å². The highest BCUT2D eigenvalue weighted by molar-refractivity contribution is 6.35. The Morgan fingerprint density at radius 3 is 2.16 bits per heavy atom. The lowest BCUT2D eigenvalue weighted by Crippen LogP contribution is -2.46. The van der Waals surface area contributed by atoms with Crippen LogP contribution in [0.2, 0.25) is 0 Å². The van der Waals surface area contributed by atoms with Crippen LogP contribution in [-0.2, 0) is 16.1 Å². The molecule has 0 radical (unpaired) electrons. The number of ether oxygens (including phenoxy) is 1. The van der Waals surface area contributed by atoms with Crippen LogP contribution in [0.25, 0.3) is 11.3 Å². The van der Waals surface area contributed by atoms with Crippen molar-refractivity contribution in [1.29, 1.82) is 0 Å². The minimum atomic E-state index is -0.437. The summed E-state index contributed by atoms with van der Waals surface area (Å²) in [5, 5.41) is 3.23. The zero-order chi connectivity index (χ0) is 27.0. The number of carbonyl (C=O) groups is 2. The Balaban J connectivity index is 1.66. The van der Waals surface area contributed by atoms with Crippen LogP contribution in [0.4, 0.5) is 0 Å². The van der Waals surface area contributed by atoms with Gasteiger partial charge in [-0.05, 0) is 42.8 Å². The smallest absolute Gasteiger partial charge is 0.279 e. The molecule has 1 aromatic heterocycles. The quantitative estimate of drug-likeness (QED) is 0.487. The van der Waals surface area contributed by atoms with Crippen molar-refractivity contribution >= 4 is 17.4 Å². The van der Waals surface area contributed by atoms with Gasteiger partial charge >= 0.3 is 0 Å². The van der Waals surface area contributed by atoms with Crippen LogP contribution in [-0.4, -0.2) is 76.6 Å². The van der Waals surface area contributed by atoms with E-state index >= 15 is 0 Å². The van der Waals surface area contributed by atoms with Gasteiger partial charge in [0.15, 0.2) is 0 Å². The maximum Gasteiger partial charge on any atom is 0.279 e. The summed E-state index contributed by atoms with van der Waals surface area (Å²) >= 11 is 0. The molecule has 0 unspecified atom stereocenters. The van der Waals surface area contributed by atoms with Crippen molar-refractivity contribution in [3.63, 3.8) is 0 Å². The predicted molar refractivity (Wildman–Crippen MR) is 145 cm³/mol. The van der Waals surface area contributed by atoms with E-state index in [1.165, 1.54) is 9.58 Å². The first-order chi connectivity index (χ1) is 18.3. The summed E-state index contributed by atoms with van der Waals surface area (Å²) in [7, 11) is 3.62. The molecule has 0 spiro atoms. The number of H-pyrrole nitrogens is 1. The van der Waals surface area contributed by atoms with E-state index in [9.17, 15) is 14.4 Å². The number of aromatic nitrogens is 2. The van der Waals surface area contributed by atoms with E-state index in [2.05, 4.69) is 10.00 Å². The number of rotatable bonds is 7. The predicted octanol–water partition coefficient (Wildman–Crippen LogP) is 2.83. The number of likely N-dealkylation sites (N-methyl/N-ethyl adjacent to an activating group) is 1. The Labute approximate surface area is 221 Å². The highest BCUT2D eigenvalue weighted by Gasteiger charge is 2.44. The van der Waals surface area contributed by atoms with Crippen LogP contribution in [0.1, 0.15) is 36.6 Å². The van der Waals surface area contributed by atoms with Gasteiger partial charge in [0.2, 0.25) is 0 Å². The monoisotopic (exact) mass is 515 g/mol. The standard InChI is InChI=1S/C29H33N5O4/c1-19(2)25-23(28(36)34(30-25)21-10-12-22(38-4)13-11-21)24-26(32-16-14-31(3)15-17-32)29(37)33(27(24)35)18-20-8-6-5-7-9-20/h5-13,19,30H,14-18H2,1-4H3. The van der Waals surface area contributed by atoms with Gasteiger partial charge in [0.1, 0.15) is 11.4 Å². The molecule has 2 aromatic carbocycles. The third kappa shape index (κ3) is 4.54. The Bertz CT molecular complexity index is 1430. The van der Waals surface area contributed by atoms with Crippen LogP contribution >= 0.6 is 0 Å². The first-order valence-electron chi connectivity index (χ1n) is 12.9. The normalized spacial score (nSPS) is 16.8. The number of imide groups is 1. The summed E-state index contributed by atoms with van der Waals surface area (Å²) in [6.45, 7) is 6.80. The fraction of sp³-hybridized carbons (Fsp3) is 0.345. The molecule has 1 N–H and O–H groups in total. The molecule has 1 fully saturated rings. The minimum Gasteiger partial charge on any atom is -0.497 e. The Morgan fingerprint density at radius 1 is 0.895 bits per heavy atom. The number of aromatic amines is 1. The molecule has 3 heterocycles. The molecule has 2 aliphatic heterocycles.